The third-order valence-corrected chi connectivity index (χ3v) is 4.05. The average molecular weight is 254 g/mol. The number of halogens is 1. The zero-order chi connectivity index (χ0) is 11.0. The second kappa shape index (κ2) is 4.18. The lowest BCUT2D eigenvalue weighted by atomic mass is 10.2. The first-order valence-corrected chi connectivity index (χ1v) is 6.76. The summed E-state index contributed by atoms with van der Waals surface area (Å²) in [4.78, 5) is 8.49. The van der Waals surface area contributed by atoms with Crippen LogP contribution in [-0.4, -0.2) is 16.0 Å². The number of thiophene rings is 1. The molecule has 0 aromatic carbocycles. The quantitative estimate of drug-likeness (QED) is 0.830. The second-order valence-corrected chi connectivity index (χ2v) is 5.36. The van der Waals surface area contributed by atoms with Crippen LogP contribution in [0.2, 0.25) is 5.28 Å². The molecule has 16 heavy (non-hydrogen) atoms. The Labute approximate surface area is 103 Å². The molecule has 3 nitrogen and oxygen atoms in total. The number of hydrogen-bond acceptors (Lipinski definition) is 4. The molecule has 0 bridgehead atoms. The van der Waals surface area contributed by atoms with Crippen molar-refractivity contribution in [1.82, 2.24) is 9.97 Å². The molecule has 0 amide bonds. The maximum absolute atomic E-state index is 5.91. The van der Waals surface area contributed by atoms with Crippen LogP contribution in [0.4, 0.5) is 5.82 Å². The average Bonchev–Trinajstić information content (AvgIpc) is 2.87. The van der Waals surface area contributed by atoms with Crippen molar-refractivity contribution in [2.24, 2.45) is 0 Å². The Bertz CT molecular complexity index is 505. The Hall–Kier alpha value is -0.870. The normalized spacial score (nSPS) is 17.1. The Morgan fingerprint density at radius 1 is 1.31 bits per heavy atom. The van der Waals surface area contributed by atoms with Crippen LogP contribution in [0.1, 0.15) is 25.7 Å². The van der Waals surface area contributed by atoms with E-state index in [-0.39, 0.29) is 0 Å². The molecule has 2 heterocycles. The van der Waals surface area contributed by atoms with Crippen LogP contribution in [0.3, 0.4) is 0 Å². The zero-order valence-electron chi connectivity index (χ0n) is 8.74. The van der Waals surface area contributed by atoms with E-state index in [2.05, 4.69) is 15.3 Å². The molecule has 1 fully saturated rings. The molecule has 0 spiro atoms. The van der Waals surface area contributed by atoms with Gasteiger partial charge in [0.1, 0.15) is 5.82 Å². The van der Waals surface area contributed by atoms with E-state index in [0.717, 1.165) is 16.0 Å². The number of anilines is 1. The fourth-order valence-corrected chi connectivity index (χ4v) is 3.16. The smallest absolute Gasteiger partial charge is 0.224 e. The summed E-state index contributed by atoms with van der Waals surface area (Å²) >= 11 is 7.57. The van der Waals surface area contributed by atoms with E-state index in [1.807, 2.05) is 11.4 Å². The second-order valence-electron chi connectivity index (χ2n) is 4.10. The largest absolute Gasteiger partial charge is 0.366 e. The van der Waals surface area contributed by atoms with Gasteiger partial charge in [0, 0.05) is 6.04 Å². The highest BCUT2D eigenvalue weighted by molar-refractivity contribution is 7.17. The van der Waals surface area contributed by atoms with Crippen molar-refractivity contribution in [1.29, 1.82) is 0 Å². The first-order chi connectivity index (χ1) is 7.83. The first kappa shape index (κ1) is 10.3. The lowest BCUT2D eigenvalue weighted by Crippen LogP contribution is -2.15. The summed E-state index contributed by atoms with van der Waals surface area (Å²) in [5, 5.41) is 5.83. The summed E-state index contributed by atoms with van der Waals surface area (Å²) in [5.41, 5.74) is 0.936. The van der Waals surface area contributed by atoms with Crippen molar-refractivity contribution in [3.05, 3.63) is 16.7 Å². The van der Waals surface area contributed by atoms with E-state index < -0.39 is 0 Å². The highest BCUT2D eigenvalue weighted by Gasteiger charge is 2.17. The molecule has 5 heteroatoms. The molecule has 0 unspecified atom stereocenters. The van der Waals surface area contributed by atoms with Crippen LogP contribution in [0.15, 0.2) is 11.4 Å². The van der Waals surface area contributed by atoms with Crippen molar-refractivity contribution in [2.75, 3.05) is 5.32 Å². The maximum Gasteiger partial charge on any atom is 0.224 e. The molecule has 84 valence electrons. The van der Waals surface area contributed by atoms with Crippen LogP contribution in [-0.2, 0) is 0 Å². The van der Waals surface area contributed by atoms with Crippen LogP contribution in [0, 0.1) is 0 Å². The van der Waals surface area contributed by atoms with Crippen LogP contribution in [0.5, 0.6) is 0 Å². The SMILES string of the molecule is Clc1nc(NC2CCCC2)c2sccc2n1. The van der Waals surface area contributed by atoms with Crippen molar-refractivity contribution in [3.63, 3.8) is 0 Å². The molecular formula is C11H12ClN3S. The van der Waals surface area contributed by atoms with Crippen molar-refractivity contribution in [3.8, 4) is 0 Å². The van der Waals surface area contributed by atoms with E-state index in [0.29, 0.717) is 11.3 Å². The number of hydrogen-bond donors (Lipinski definition) is 1. The monoisotopic (exact) mass is 253 g/mol. The van der Waals surface area contributed by atoms with Crippen molar-refractivity contribution >= 4 is 39.0 Å². The third-order valence-electron chi connectivity index (χ3n) is 2.97. The topological polar surface area (TPSA) is 37.8 Å². The summed E-state index contributed by atoms with van der Waals surface area (Å²) in [5.74, 6) is 0.900. The van der Waals surface area contributed by atoms with E-state index in [9.17, 15) is 0 Å². The fourth-order valence-electron chi connectivity index (χ4n) is 2.20. The minimum Gasteiger partial charge on any atom is -0.366 e. The Morgan fingerprint density at radius 2 is 2.12 bits per heavy atom. The van der Waals surface area contributed by atoms with Gasteiger partial charge in [-0.3, -0.25) is 0 Å². The number of aromatic nitrogens is 2. The lowest BCUT2D eigenvalue weighted by Gasteiger charge is -2.12. The highest BCUT2D eigenvalue weighted by atomic mass is 35.5. The molecule has 0 atom stereocenters. The number of nitrogens with one attached hydrogen (secondary N) is 1. The molecule has 2 aromatic rings. The van der Waals surface area contributed by atoms with Gasteiger partial charge in [0.05, 0.1) is 10.2 Å². The molecule has 1 saturated carbocycles. The van der Waals surface area contributed by atoms with Gasteiger partial charge < -0.3 is 5.32 Å². The lowest BCUT2D eigenvalue weighted by molar-refractivity contribution is 0.752. The summed E-state index contributed by atoms with van der Waals surface area (Å²) in [6.45, 7) is 0. The third kappa shape index (κ3) is 1.87. The minimum atomic E-state index is 0.325. The zero-order valence-corrected chi connectivity index (χ0v) is 10.3. The van der Waals surface area contributed by atoms with Gasteiger partial charge in [0.2, 0.25) is 5.28 Å². The summed E-state index contributed by atoms with van der Waals surface area (Å²) < 4.78 is 1.11. The molecule has 0 aliphatic heterocycles. The van der Waals surface area contributed by atoms with E-state index in [1.165, 1.54) is 25.7 Å². The molecule has 3 rings (SSSR count). The first-order valence-electron chi connectivity index (χ1n) is 5.50. The van der Waals surface area contributed by atoms with Crippen LogP contribution in [0.25, 0.3) is 10.2 Å². The van der Waals surface area contributed by atoms with Crippen LogP contribution < -0.4 is 5.32 Å². The molecule has 0 radical (unpaired) electrons. The van der Waals surface area contributed by atoms with E-state index in [1.54, 1.807) is 11.3 Å². The van der Waals surface area contributed by atoms with Crippen LogP contribution >= 0.6 is 22.9 Å². The van der Waals surface area contributed by atoms with Gasteiger partial charge >= 0.3 is 0 Å². The molecule has 1 N–H and O–H groups in total. The standard InChI is InChI=1S/C11H12ClN3S/c12-11-14-8-5-6-16-9(8)10(15-11)13-7-3-1-2-4-7/h5-7H,1-4H2,(H,13,14,15). The van der Waals surface area contributed by atoms with Gasteiger partial charge in [-0.05, 0) is 35.9 Å². The molecule has 2 aromatic heterocycles. The predicted octanol–water partition coefficient (Wildman–Crippen LogP) is 3.70. The van der Waals surface area contributed by atoms with Gasteiger partial charge in [-0.25, -0.2) is 4.98 Å². The molecule has 1 aliphatic rings. The van der Waals surface area contributed by atoms with Gasteiger partial charge in [-0.1, -0.05) is 12.8 Å². The Balaban J connectivity index is 1.97. The van der Waals surface area contributed by atoms with E-state index >= 15 is 0 Å². The van der Waals surface area contributed by atoms with Crippen molar-refractivity contribution in [2.45, 2.75) is 31.7 Å². The summed E-state index contributed by atoms with van der Waals surface area (Å²) in [6, 6.07) is 2.53. The minimum absolute atomic E-state index is 0.325. The molecular weight excluding hydrogens is 242 g/mol. The number of nitrogens with zero attached hydrogens (tertiary/aromatic N) is 2. The van der Waals surface area contributed by atoms with Gasteiger partial charge in [0.15, 0.2) is 0 Å². The highest BCUT2D eigenvalue weighted by Crippen LogP contribution is 2.30. The van der Waals surface area contributed by atoms with Gasteiger partial charge in [-0.15, -0.1) is 11.3 Å². The summed E-state index contributed by atoms with van der Waals surface area (Å²) in [7, 11) is 0. The summed E-state index contributed by atoms with van der Waals surface area (Å²) in [6.07, 6.45) is 5.08. The van der Waals surface area contributed by atoms with Crippen molar-refractivity contribution < 1.29 is 0 Å². The number of fused-ring (bicyclic) bond motifs is 1. The molecule has 1 aliphatic carbocycles. The Kier molecular flexibility index (Phi) is 2.69. The number of rotatable bonds is 2. The molecule has 0 saturated heterocycles. The predicted molar refractivity (Wildman–Crippen MR) is 68.3 cm³/mol. The van der Waals surface area contributed by atoms with E-state index in [4.69, 9.17) is 11.6 Å². The maximum atomic E-state index is 5.91. The van der Waals surface area contributed by atoms with Gasteiger partial charge in [-0.2, -0.15) is 4.98 Å². The van der Waals surface area contributed by atoms with Gasteiger partial charge in [0.25, 0.3) is 0 Å². The fraction of sp³-hybridized carbons (Fsp3) is 0.455. The Morgan fingerprint density at radius 3 is 2.94 bits per heavy atom.